The van der Waals surface area contributed by atoms with Gasteiger partial charge in [0.1, 0.15) is 0 Å². The number of hydrogen-bond donors (Lipinski definition) is 2. The summed E-state index contributed by atoms with van der Waals surface area (Å²) < 4.78 is 0. The highest BCUT2D eigenvalue weighted by Crippen LogP contribution is 2.13. The van der Waals surface area contributed by atoms with Crippen LogP contribution < -0.4 is 5.32 Å². The van der Waals surface area contributed by atoms with Gasteiger partial charge >= 0.3 is 0 Å². The molecule has 0 spiro atoms. The van der Waals surface area contributed by atoms with Crippen molar-refractivity contribution in [3.05, 3.63) is 0 Å². The molecule has 0 heterocycles. The van der Waals surface area contributed by atoms with E-state index >= 15 is 0 Å². The Kier molecular flexibility index (Phi) is 10.0. The summed E-state index contributed by atoms with van der Waals surface area (Å²) in [6.45, 7) is 9.13. The van der Waals surface area contributed by atoms with Gasteiger partial charge in [-0.2, -0.15) is 23.5 Å². The second-order valence-electron chi connectivity index (χ2n) is 4.74. The van der Waals surface area contributed by atoms with Crippen molar-refractivity contribution in [2.45, 2.75) is 45.0 Å². The van der Waals surface area contributed by atoms with E-state index in [0.29, 0.717) is 17.3 Å². The molecule has 0 saturated heterocycles. The van der Waals surface area contributed by atoms with Crippen molar-refractivity contribution in [3.8, 4) is 0 Å². The molecule has 0 amide bonds. The van der Waals surface area contributed by atoms with Crippen LogP contribution in [0.5, 0.6) is 0 Å². The second kappa shape index (κ2) is 9.63. The quantitative estimate of drug-likeness (QED) is 0.671. The van der Waals surface area contributed by atoms with Crippen LogP contribution in [0.1, 0.15) is 27.7 Å². The normalized spacial score (nSPS) is 17.4. The highest BCUT2D eigenvalue weighted by Gasteiger charge is 2.16. The van der Waals surface area contributed by atoms with E-state index in [9.17, 15) is 5.11 Å². The van der Waals surface area contributed by atoms with Gasteiger partial charge in [-0.3, -0.25) is 0 Å². The van der Waals surface area contributed by atoms with E-state index in [1.54, 1.807) is 11.8 Å². The molecule has 0 aliphatic rings. The lowest BCUT2D eigenvalue weighted by molar-refractivity contribution is 0.273. The molecule has 0 bridgehead atoms. The maximum absolute atomic E-state index is 9.19. The molecule has 0 radical (unpaired) electrons. The molecule has 0 aliphatic carbocycles. The first-order chi connectivity index (χ1) is 7.51. The van der Waals surface area contributed by atoms with Crippen LogP contribution >= 0.6 is 23.5 Å². The van der Waals surface area contributed by atoms with Gasteiger partial charge in [-0.05, 0) is 31.8 Å². The maximum Gasteiger partial charge on any atom is 0.0564 e. The molecule has 0 aliphatic heterocycles. The highest BCUT2D eigenvalue weighted by molar-refractivity contribution is 7.99. The minimum absolute atomic E-state index is 0.251. The van der Waals surface area contributed by atoms with E-state index in [1.165, 1.54) is 5.75 Å². The molecule has 0 saturated carbocycles. The van der Waals surface area contributed by atoms with Crippen LogP contribution in [0.2, 0.25) is 0 Å². The topological polar surface area (TPSA) is 32.3 Å². The molecule has 4 heteroatoms. The molecular formula is C12H27NOS2. The van der Waals surface area contributed by atoms with E-state index in [0.717, 1.165) is 11.7 Å². The monoisotopic (exact) mass is 265 g/mol. The second-order valence-corrected chi connectivity index (χ2v) is 6.90. The summed E-state index contributed by atoms with van der Waals surface area (Å²) in [5, 5.41) is 13.0. The molecule has 0 fully saturated rings. The lowest BCUT2D eigenvalue weighted by Crippen LogP contribution is -2.43. The Hall–Kier alpha value is 0.620. The van der Waals surface area contributed by atoms with Gasteiger partial charge in [0, 0.05) is 23.1 Å². The molecule has 98 valence electrons. The summed E-state index contributed by atoms with van der Waals surface area (Å²) in [6.07, 6.45) is 2.05. The number of hydrogen-bond acceptors (Lipinski definition) is 4. The van der Waals surface area contributed by atoms with E-state index in [-0.39, 0.29) is 6.61 Å². The lowest BCUT2D eigenvalue weighted by atomic mass is 10.2. The summed E-state index contributed by atoms with van der Waals surface area (Å²) in [5.41, 5.74) is 0. The van der Waals surface area contributed by atoms with Crippen LogP contribution in [-0.2, 0) is 0 Å². The van der Waals surface area contributed by atoms with Crippen molar-refractivity contribution in [2.75, 3.05) is 24.4 Å². The van der Waals surface area contributed by atoms with Gasteiger partial charge < -0.3 is 10.4 Å². The van der Waals surface area contributed by atoms with Crippen molar-refractivity contribution in [3.63, 3.8) is 0 Å². The predicted octanol–water partition coefficient (Wildman–Crippen LogP) is 2.47. The molecule has 2 nitrogen and oxygen atoms in total. The fourth-order valence-corrected chi connectivity index (χ4v) is 3.21. The van der Waals surface area contributed by atoms with Crippen LogP contribution in [0, 0.1) is 5.92 Å². The predicted molar refractivity (Wildman–Crippen MR) is 78.6 cm³/mol. The molecule has 0 aromatic rings. The first kappa shape index (κ1) is 16.6. The van der Waals surface area contributed by atoms with Crippen molar-refractivity contribution in [1.82, 2.24) is 5.32 Å². The number of aliphatic hydroxyl groups excluding tert-OH is 1. The van der Waals surface area contributed by atoms with Gasteiger partial charge in [0.2, 0.25) is 0 Å². The average Bonchev–Trinajstić information content (AvgIpc) is 2.18. The van der Waals surface area contributed by atoms with Gasteiger partial charge in [-0.1, -0.05) is 13.8 Å². The van der Waals surface area contributed by atoms with Crippen LogP contribution in [-0.4, -0.2) is 46.8 Å². The number of thioether (sulfide) groups is 2. The smallest absolute Gasteiger partial charge is 0.0564 e. The minimum Gasteiger partial charge on any atom is -0.395 e. The Bertz CT molecular complexity index is 163. The Morgan fingerprint density at radius 3 is 2.19 bits per heavy atom. The van der Waals surface area contributed by atoms with E-state index in [4.69, 9.17) is 0 Å². The van der Waals surface area contributed by atoms with Crippen molar-refractivity contribution in [2.24, 2.45) is 5.92 Å². The lowest BCUT2D eigenvalue weighted by Gasteiger charge is -2.25. The number of aliphatic hydroxyl groups is 1. The van der Waals surface area contributed by atoms with Crippen LogP contribution in [0.4, 0.5) is 0 Å². The summed E-state index contributed by atoms with van der Waals surface area (Å²) in [6, 6.07) is 0.884. The average molecular weight is 265 g/mol. The highest BCUT2D eigenvalue weighted by atomic mass is 32.2. The molecule has 16 heavy (non-hydrogen) atoms. The van der Waals surface area contributed by atoms with Gasteiger partial charge in [-0.25, -0.2) is 0 Å². The SMILES string of the molecule is CSC(CO)C(C)NC(C)CSCC(C)C. The number of rotatable bonds is 9. The standard InChI is InChI=1S/C12H27NOS2/c1-9(2)7-16-8-10(3)13-11(4)12(6-14)15-5/h9-14H,6-8H2,1-5H3. The molecular weight excluding hydrogens is 238 g/mol. The number of nitrogens with one attached hydrogen (secondary N) is 1. The zero-order valence-electron chi connectivity index (χ0n) is 11.2. The zero-order chi connectivity index (χ0) is 12.6. The molecule has 0 aromatic heterocycles. The summed E-state index contributed by atoms with van der Waals surface area (Å²) in [5.74, 6) is 3.15. The Morgan fingerprint density at radius 1 is 1.12 bits per heavy atom. The van der Waals surface area contributed by atoms with Gasteiger partial charge in [-0.15, -0.1) is 0 Å². The van der Waals surface area contributed by atoms with Crippen molar-refractivity contribution in [1.29, 1.82) is 0 Å². The first-order valence-corrected chi connectivity index (χ1v) is 8.42. The van der Waals surface area contributed by atoms with Crippen LogP contribution in [0.3, 0.4) is 0 Å². The van der Waals surface area contributed by atoms with Gasteiger partial charge in [0.25, 0.3) is 0 Å². The third-order valence-electron chi connectivity index (χ3n) is 2.41. The Balaban J connectivity index is 3.72. The Labute approximate surface area is 109 Å². The van der Waals surface area contributed by atoms with E-state index in [2.05, 4.69) is 39.3 Å². The van der Waals surface area contributed by atoms with Crippen LogP contribution in [0.15, 0.2) is 0 Å². The third-order valence-corrected chi connectivity index (χ3v) is 5.21. The fourth-order valence-electron chi connectivity index (χ4n) is 1.52. The van der Waals surface area contributed by atoms with E-state index in [1.807, 2.05) is 11.8 Å². The molecule has 3 unspecified atom stereocenters. The maximum atomic E-state index is 9.19. The zero-order valence-corrected chi connectivity index (χ0v) is 12.8. The molecule has 2 N–H and O–H groups in total. The Morgan fingerprint density at radius 2 is 1.75 bits per heavy atom. The van der Waals surface area contributed by atoms with Crippen molar-refractivity contribution >= 4 is 23.5 Å². The molecule has 0 aromatic carbocycles. The summed E-state index contributed by atoms with van der Waals surface area (Å²) >= 11 is 3.74. The van der Waals surface area contributed by atoms with Crippen molar-refractivity contribution < 1.29 is 5.11 Å². The summed E-state index contributed by atoms with van der Waals surface area (Å²) in [4.78, 5) is 0. The molecule has 0 rings (SSSR count). The van der Waals surface area contributed by atoms with Gasteiger partial charge in [0.05, 0.1) is 6.61 Å². The molecule has 3 atom stereocenters. The van der Waals surface area contributed by atoms with E-state index < -0.39 is 0 Å². The minimum atomic E-state index is 0.251. The fraction of sp³-hybridized carbons (Fsp3) is 1.00. The first-order valence-electron chi connectivity index (χ1n) is 5.98. The van der Waals surface area contributed by atoms with Gasteiger partial charge in [0.15, 0.2) is 0 Å². The largest absolute Gasteiger partial charge is 0.395 e. The third kappa shape index (κ3) is 7.82. The summed E-state index contributed by atoms with van der Waals surface area (Å²) in [7, 11) is 0. The van der Waals surface area contributed by atoms with Crippen LogP contribution in [0.25, 0.3) is 0 Å².